The van der Waals surface area contributed by atoms with Crippen LogP contribution in [0.5, 0.6) is 0 Å². The summed E-state index contributed by atoms with van der Waals surface area (Å²) in [5.41, 5.74) is 0. The average molecular weight is 254 g/mol. The Hall–Kier alpha value is -0.120. The summed E-state index contributed by atoms with van der Waals surface area (Å²) in [6, 6.07) is 0.700. The van der Waals surface area contributed by atoms with Gasteiger partial charge in [0.1, 0.15) is 6.23 Å². The number of nitrogens with zero attached hydrogens (tertiary/aromatic N) is 1. The van der Waals surface area contributed by atoms with Crippen molar-refractivity contribution in [1.29, 1.82) is 0 Å². The first-order chi connectivity index (χ1) is 8.54. The van der Waals surface area contributed by atoms with Crippen LogP contribution in [0.4, 0.5) is 0 Å². The number of hydrogen-bond donors (Lipinski definition) is 1. The highest BCUT2D eigenvalue weighted by Crippen LogP contribution is 2.30. The van der Waals surface area contributed by atoms with Crippen LogP contribution >= 0.6 is 0 Å². The molecule has 1 heterocycles. The van der Waals surface area contributed by atoms with Crippen LogP contribution in [0, 0.1) is 11.8 Å². The van der Waals surface area contributed by atoms with Crippen LogP contribution in [-0.2, 0) is 4.74 Å². The zero-order valence-electron chi connectivity index (χ0n) is 12.5. The minimum atomic E-state index is 0.364. The molecule has 1 aliphatic carbocycles. The van der Waals surface area contributed by atoms with Crippen molar-refractivity contribution in [3.05, 3.63) is 0 Å². The van der Waals surface area contributed by atoms with E-state index in [-0.39, 0.29) is 0 Å². The zero-order chi connectivity index (χ0) is 13.1. The molecule has 3 heteroatoms. The van der Waals surface area contributed by atoms with E-state index in [1.54, 1.807) is 0 Å². The molecule has 2 aliphatic rings. The quantitative estimate of drug-likeness (QED) is 0.738. The summed E-state index contributed by atoms with van der Waals surface area (Å²) in [6.45, 7) is 5.79. The van der Waals surface area contributed by atoms with E-state index in [1.807, 2.05) is 0 Å². The molecule has 0 aromatic heterocycles. The average Bonchev–Trinajstić information content (AvgIpc) is 2.97. The number of rotatable bonds is 6. The molecule has 1 aliphatic heterocycles. The Kier molecular flexibility index (Phi) is 5.05. The van der Waals surface area contributed by atoms with Crippen LogP contribution in [0.15, 0.2) is 0 Å². The van der Waals surface area contributed by atoms with Gasteiger partial charge in [0.15, 0.2) is 0 Å². The summed E-state index contributed by atoms with van der Waals surface area (Å²) in [4.78, 5) is 2.32. The molecule has 106 valence electrons. The molecule has 2 fully saturated rings. The first kappa shape index (κ1) is 14.3. The summed E-state index contributed by atoms with van der Waals surface area (Å²) in [6.07, 6.45) is 7.45. The zero-order valence-corrected chi connectivity index (χ0v) is 12.5. The maximum absolute atomic E-state index is 5.70. The van der Waals surface area contributed by atoms with Crippen molar-refractivity contribution < 1.29 is 4.74 Å². The van der Waals surface area contributed by atoms with E-state index in [9.17, 15) is 0 Å². The summed E-state index contributed by atoms with van der Waals surface area (Å²) >= 11 is 0. The van der Waals surface area contributed by atoms with Gasteiger partial charge in [-0.3, -0.25) is 5.32 Å². The topological polar surface area (TPSA) is 27.8 Å². The van der Waals surface area contributed by atoms with Crippen LogP contribution in [0.1, 0.15) is 46.0 Å². The SMILES string of the molecule is CC(C)CC1OC1NC1CCC(CN(C)C)CC1. The van der Waals surface area contributed by atoms with Gasteiger partial charge in [0.05, 0.1) is 6.10 Å². The Balaban J connectivity index is 1.60. The van der Waals surface area contributed by atoms with Crippen molar-refractivity contribution >= 4 is 0 Å². The molecule has 0 bridgehead atoms. The molecule has 1 saturated heterocycles. The minimum Gasteiger partial charge on any atom is -0.353 e. The molecule has 1 saturated carbocycles. The third kappa shape index (κ3) is 4.52. The third-order valence-corrected chi connectivity index (χ3v) is 4.16. The van der Waals surface area contributed by atoms with Gasteiger partial charge in [-0.2, -0.15) is 0 Å². The van der Waals surface area contributed by atoms with Crippen LogP contribution in [0.2, 0.25) is 0 Å². The Morgan fingerprint density at radius 3 is 2.39 bits per heavy atom. The second-order valence-electron chi connectivity index (χ2n) is 6.87. The molecule has 1 N–H and O–H groups in total. The van der Waals surface area contributed by atoms with Crippen LogP contribution in [0.25, 0.3) is 0 Å². The lowest BCUT2D eigenvalue weighted by Crippen LogP contribution is -2.37. The van der Waals surface area contributed by atoms with E-state index in [0.717, 1.165) is 11.8 Å². The predicted molar refractivity (Wildman–Crippen MR) is 75.6 cm³/mol. The third-order valence-electron chi connectivity index (χ3n) is 4.16. The normalized spacial score (nSPS) is 36.3. The lowest BCUT2D eigenvalue weighted by Gasteiger charge is -2.30. The number of ether oxygens (including phenoxy) is 1. The standard InChI is InChI=1S/C15H30N2O/c1-11(2)9-14-15(18-14)16-13-7-5-12(6-8-13)10-17(3)4/h11-16H,5-10H2,1-4H3. The van der Waals surface area contributed by atoms with Crippen molar-refractivity contribution in [2.45, 2.75) is 64.3 Å². The molecule has 3 nitrogen and oxygen atoms in total. The summed E-state index contributed by atoms with van der Waals surface area (Å²) in [7, 11) is 4.36. The fourth-order valence-electron chi connectivity index (χ4n) is 3.19. The van der Waals surface area contributed by atoms with E-state index in [2.05, 4.69) is 38.2 Å². The van der Waals surface area contributed by atoms with Crippen molar-refractivity contribution in [1.82, 2.24) is 10.2 Å². The van der Waals surface area contributed by atoms with Crippen LogP contribution in [0.3, 0.4) is 0 Å². The van der Waals surface area contributed by atoms with E-state index in [4.69, 9.17) is 4.74 Å². The van der Waals surface area contributed by atoms with Gasteiger partial charge < -0.3 is 9.64 Å². The lowest BCUT2D eigenvalue weighted by molar-refractivity contribution is 0.220. The van der Waals surface area contributed by atoms with Gasteiger partial charge >= 0.3 is 0 Å². The molecule has 0 spiro atoms. The van der Waals surface area contributed by atoms with E-state index in [1.165, 1.54) is 38.6 Å². The molecule has 0 radical (unpaired) electrons. The van der Waals surface area contributed by atoms with Gasteiger partial charge in [0.25, 0.3) is 0 Å². The maximum atomic E-state index is 5.70. The molecule has 0 aromatic carbocycles. The highest BCUT2D eigenvalue weighted by atomic mass is 16.6. The van der Waals surface area contributed by atoms with Gasteiger partial charge in [-0.1, -0.05) is 13.8 Å². The first-order valence-corrected chi connectivity index (χ1v) is 7.61. The van der Waals surface area contributed by atoms with Crippen molar-refractivity contribution in [3.63, 3.8) is 0 Å². The van der Waals surface area contributed by atoms with Gasteiger partial charge in [-0.05, 0) is 58.0 Å². The number of nitrogens with one attached hydrogen (secondary N) is 1. The van der Waals surface area contributed by atoms with E-state index in [0.29, 0.717) is 18.4 Å². The Bertz CT molecular complexity index is 247. The summed E-state index contributed by atoms with van der Waals surface area (Å²) in [5, 5.41) is 3.69. The van der Waals surface area contributed by atoms with Crippen LogP contribution in [-0.4, -0.2) is 43.9 Å². The van der Waals surface area contributed by atoms with Crippen molar-refractivity contribution in [3.8, 4) is 0 Å². The van der Waals surface area contributed by atoms with E-state index < -0.39 is 0 Å². The summed E-state index contributed by atoms with van der Waals surface area (Å²) in [5.74, 6) is 1.65. The predicted octanol–water partition coefficient (Wildman–Crippen LogP) is 2.47. The van der Waals surface area contributed by atoms with Gasteiger partial charge in [0, 0.05) is 12.6 Å². The monoisotopic (exact) mass is 254 g/mol. The smallest absolute Gasteiger partial charge is 0.135 e. The fraction of sp³-hybridized carbons (Fsp3) is 1.00. The molecule has 2 atom stereocenters. The second-order valence-corrected chi connectivity index (χ2v) is 6.87. The molecule has 0 aromatic rings. The number of epoxide rings is 1. The van der Waals surface area contributed by atoms with Gasteiger partial charge in [-0.15, -0.1) is 0 Å². The highest BCUT2D eigenvalue weighted by Gasteiger charge is 2.40. The highest BCUT2D eigenvalue weighted by molar-refractivity contribution is 4.88. The van der Waals surface area contributed by atoms with E-state index >= 15 is 0 Å². The van der Waals surface area contributed by atoms with Crippen molar-refractivity contribution in [2.75, 3.05) is 20.6 Å². The van der Waals surface area contributed by atoms with Crippen molar-refractivity contribution in [2.24, 2.45) is 11.8 Å². The number of hydrogen-bond acceptors (Lipinski definition) is 3. The Morgan fingerprint density at radius 2 is 1.83 bits per heavy atom. The van der Waals surface area contributed by atoms with Crippen LogP contribution < -0.4 is 5.32 Å². The Morgan fingerprint density at radius 1 is 1.17 bits per heavy atom. The van der Waals surface area contributed by atoms with Gasteiger partial charge in [0.2, 0.25) is 0 Å². The maximum Gasteiger partial charge on any atom is 0.135 e. The summed E-state index contributed by atoms with van der Waals surface area (Å²) < 4.78 is 5.70. The first-order valence-electron chi connectivity index (χ1n) is 7.61. The largest absolute Gasteiger partial charge is 0.353 e. The second kappa shape index (κ2) is 6.36. The van der Waals surface area contributed by atoms with Gasteiger partial charge in [-0.25, -0.2) is 0 Å². The molecular weight excluding hydrogens is 224 g/mol. The Labute approximate surface area is 112 Å². The molecule has 0 amide bonds. The molecule has 18 heavy (non-hydrogen) atoms. The molecular formula is C15H30N2O. The minimum absolute atomic E-state index is 0.364. The molecule has 2 unspecified atom stereocenters. The lowest BCUT2D eigenvalue weighted by atomic mass is 9.85. The molecule has 2 rings (SSSR count). The fourth-order valence-corrected chi connectivity index (χ4v) is 3.19.